The van der Waals surface area contributed by atoms with E-state index in [0.717, 1.165) is 38.2 Å². The fourth-order valence-electron chi connectivity index (χ4n) is 2.94. The van der Waals surface area contributed by atoms with Gasteiger partial charge in [0, 0.05) is 32.0 Å². The van der Waals surface area contributed by atoms with Crippen LogP contribution in [0.3, 0.4) is 0 Å². The Labute approximate surface area is 141 Å². The summed E-state index contributed by atoms with van der Waals surface area (Å²) in [6.45, 7) is 3.68. The smallest absolute Gasteiger partial charge is 0.254 e. The fourth-order valence-corrected chi connectivity index (χ4v) is 2.94. The Balaban J connectivity index is 1.43. The van der Waals surface area contributed by atoms with Crippen molar-refractivity contribution in [2.24, 2.45) is 5.92 Å². The number of amides is 1. The molecule has 2 aromatic rings. The molecule has 6 heteroatoms. The quantitative estimate of drug-likeness (QED) is 0.881. The second-order valence-electron chi connectivity index (χ2n) is 6.02. The van der Waals surface area contributed by atoms with Gasteiger partial charge in [-0.2, -0.15) is 0 Å². The molecule has 1 aliphatic heterocycles. The van der Waals surface area contributed by atoms with Crippen LogP contribution in [-0.2, 0) is 0 Å². The van der Waals surface area contributed by atoms with Crippen LogP contribution in [0.15, 0.2) is 47.6 Å². The number of hydrogen-bond acceptors (Lipinski definition) is 5. The van der Waals surface area contributed by atoms with Crippen molar-refractivity contribution in [1.82, 2.24) is 20.2 Å². The Morgan fingerprint density at radius 2 is 2.29 bits per heavy atom. The third-order valence-corrected chi connectivity index (χ3v) is 4.17. The van der Waals surface area contributed by atoms with Crippen molar-refractivity contribution in [3.05, 3.63) is 54.5 Å². The van der Waals surface area contributed by atoms with E-state index in [-0.39, 0.29) is 5.91 Å². The Hall–Kier alpha value is -2.47. The van der Waals surface area contributed by atoms with Gasteiger partial charge in [-0.15, -0.1) is 0 Å². The summed E-state index contributed by atoms with van der Waals surface area (Å²) in [6, 6.07) is 3.83. The molecule has 1 N–H and O–H groups in total. The van der Waals surface area contributed by atoms with Gasteiger partial charge in [0.1, 0.15) is 12.1 Å². The predicted molar refractivity (Wildman–Crippen MR) is 91.3 cm³/mol. The summed E-state index contributed by atoms with van der Waals surface area (Å²) < 4.78 is 5.29. The van der Waals surface area contributed by atoms with Crippen molar-refractivity contribution in [2.75, 3.05) is 26.2 Å². The molecule has 3 heterocycles. The lowest BCUT2D eigenvalue weighted by molar-refractivity contribution is 0.0934. The van der Waals surface area contributed by atoms with Crippen LogP contribution in [0.1, 0.15) is 29.0 Å². The second kappa shape index (κ2) is 8.40. The molecular weight excluding hydrogens is 304 g/mol. The van der Waals surface area contributed by atoms with E-state index in [1.54, 1.807) is 6.26 Å². The lowest BCUT2D eigenvalue weighted by atomic mass is 9.98. The maximum Gasteiger partial charge on any atom is 0.254 e. The Kier molecular flexibility index (Phi) is 5.74. The van der Waals surface area contributed by atoms with Gasteiger partial charge < -0.3 is 9.73 Å². The van der Waals surface area contributed by atoms with Crippen LogP contribution in [0, 0.1) is 5.92 Å². The summed E-state index contributed by atoms with van der Waals surface area (Å²) in [6.07, 6.45) is 12.6. The zero-order valence-corrected chi connectivity index (χ0v) is 13.6. The number of aromatic nitrogens is 2. The molecule has 0 spiro atoms. The minimum Gasteiger partial charge on any atom is -0.465 e. The minimum atomic E-state index is -0.106. The molecule has 0 aliphatic carbocycles. The number of carbonyl (C=O) groups excluding carboxylic acids is 1. The zero-order chi connectivity index (χ0) is 16.6. The molecule has 1 atom stereocenters. The SMILES string of the molecule is O=C(NC[C@@H]1CCCN(C/C=C/c2ccco2)C1)c1cncnc1. The van der Waals surface area contributed by atoms with E-state index in [2.05, 4.69) is 26.3 Å². The van der Waals surface area contributed by atoms with Crippen LogP contribution in [0.4, 0.5) is 0 Å². The topological polar surface area (TPSA) is 71.3 Å². The first-order chi connectivity index (χ1) is 11.8. The van der Waals surface area contributed by atoms with Crippen molar-refractivity contribution in [3.63, 3.8) is 0 Å². The lowest BCUT2D eigenvalue weighted by Gasteiger charge is -2.32. The molecule has 3 rings (SSSR count). The molecule has 1 fully saturated rings. The number of furan rings is 1. The predicted octanol–water partition coefficient (Wildman–Crippen LogP) is 2.22. The van der Waals surface area contributed by atoms with Crippen LogP contribution in [0.2, 0.25) is 0 Å². The molecule has 2 aromatic heterocycles. The van der Waals surface area contributed by atoms with Crippen LogP contribution in [0.25, 0.3) is 6.08 Å². The maximum atomic E-state index is 12.0. The number of nitrogens with one attached hydrogen (secondary N) is 1. The van der Waals surface area contributed by atoms with Gasteiger partial charge in [0.15, 0.2) is 0 Å². The molecule has 1 saturated heterocycles. The average molecular weight is 326 g/mol. The van der Waals surface area contributed by atoms with Crippen molar-refractivity contribution in [3.8, 4) is 0 Å². The second-order valence-corrected chi connectivity index (χ2v) is 6.02. The van der Waals surface area contributed by atoms with Gasteiger partial charge in [-0.3, -0.25) is 9.69 Å². The van der Waals surface area contributed by atoms with Crippen molar-refractivity contribution >= 4 is 12.0 Å². The molecule has 0 saturated carbocycles. The van der Waals surface area contributed by atoms with Crippen LogP contribution in [-0.4, -0.2) is 47.0 Å². The highest BCUT2D eigenvalue weighted by Crippen LogP contribution is 2.16. The molecule has 6 nitrogen and oxygen atoms in total. The van der Waals surface area contributed by atoms with Crippen LogP contribution >= 0.6 is 0 Å². The van der Waals surface area contributed by atoms with E-state index in [9.17, 15) is 4.79 Å². The molecule has 0 aromatic carbocycles. The third kappa shape index (κ3) is 4.76. The van der Waals surface area contributed by atoms with Crippen molar-refractivity contribution in [1.29, 1.82) is 0 Å². The first-order valence-corrected chi connectivity index (χ1v) is 8.27. The largest absolute Gasteiger partial charge is 0.465 e. The molecule has 0 unspecified atom stereocenters. The Morgan fingerprint density at radius 1 is 1.42 bits per heavy atom. The highest BCUT2D eigenvalue weighted by molar-refractivity contribution is 5.93. The Morgan fingerprint density at radius 3 is 3.08 bits per heavy atom. The van der Waals surface area contributed by atoms with Crippen molar-refractivity contribution < 1.29 is 9.21 Å². The van der Waals surface area contributed by atoms with E-state index < -0.39 is 0 Å². The number of rotatable bonds is 6. The first kappa shape index (κ1) is 16.4. The minimum absolute atomic E-state index is 0.106. The number of carbonyl (C=O) groups is 1. The van der Waals surface area contributed by atoms with Crippen LogP contribution < -0.4 is 5.32 Å². The third-order valence-electron chi connectivity index (χ3n) is 4.17. The van der Waals surface area contributed by atoms with E-state index in [0.29, 0.717) is 18.0 Å². The molecule has 1 amide bonds. The standard InChI is InChI=1S/C18H22N4O2/c23-18(16-11-19-14-20-12-16)21-10-15-4-1-7-22(13-15)8-2-5-17-6-3-9-24-17/h2-3,5-6,9,11-12,14-15H,1,4,7-8,10,13H2,(H,21,23)/b5-2+/t15-/m0/s1. The zero-order valence-electron chi connectivity index (χ0n) is 13.6. The van der Waals surface area contributed by atoms with Gasteiger partial charge in [-0.1, -0.05) is 6.08 Å². The fraction of sp³-hybridized carbons (Fsp3) is 0.389. The Bertz CT molecular complexity index is 655. The van der Waals surface area contributed by atoms with E-state index in [1.165, 1.54) is 18.7 Å². The van der Waals surface area contributed by atoms with Gasteiger partial charge in [-0.25, -0.2) is 9.97 Å². The van der Waals surface area contributed by atoms with Gasteiger partial charge in [-0.05, 0) is 43.5 Å². The molecular formula is C18H22N4O2. The summed E-state index contributed by atoms with van der Waals surface area (Å²) >= 11 is 0. The van der Waals surface area contributed by atoms with Gasteiger partial charge in [0.05, 0.1) is 11.8 Å². The van der Waals surface area contributed by atoms with Crippen LogP contribution in [0.5, 0.6) is 0 Å². The van der Waals surface area contributed by atoms with Gasteiger partial charge in [0.2, 0.25) is 0 Å². The van der Waals surface area contributed by atoms with Crippen molar-refractivity contribution in [2.45, 2.75) is 12.8 Å². The summed E-state index contributed by atoms with van der Waals surface area (Å²) in [7, 11) is 0. The summed E-state index contributed by atoms with van der Waals surface area (Å²) in [5.74, 6) is 1.25. The van der Waals surface area contributed by atoms with E-state index in [1.807, 2.05) is 18.2 Å². The number of nitrogens with zero attached hydrogens (tertiary/aromatic N) is 3. The maximum absolute atomic E-state index is 12.0. The summed E-state index contributed by atoms with van der Waals surface area (Å²) in [4.78, 5) is 22.2. The summed E-state index contributed by atoms with van der Waals surface area (Å²) in [5, 5.41) is 2.99. The first-order valence-electron chi connectivity index (χ1n) is 8.27. The van der Waals surface area contributed by atoms with E-state index in [4.69, 9.17) is 4.42 Å². The summed E-state index contributed by atoms with van der Waals surface area (Å²) in [5.41, 5.74) is 0.506. The lowest BCUT2D eigenvalue weighted by Crippen LogP contribution is -2.41. The highest BCUT2D eigenvalue weighted by atomic mass is 16.3. The molecule has 24 heavy (non-hydrogen) atoms. The average Bonchev–Trinajstić information content (AvgIpc) is 3.14. The molecule has 0 bridgehead atoms. The molecule has 1 aliphatic rings. The monoisotopic (exact) mass is 326 g/mol. The van der Waals surface area contributed by atoms with E-state index >= 15 is 0 Å². The molecule has 126 valence electrons. The highest BCUT2D eigenvalue weighted by Gasteiger charge is 2.19. The molecule has 0 radical (unpaired) electrons. The number of piperidine rings is 1. The van der Waals surface area contributed by atoms with Gasteiger partial charge in [0.25, 0.3) is 5.91 Å². The normalized spacial score (nSPS) is 18.8. The number of likely N-dealkylation sites (tertiary alicyclic amines) is 1. The number of hydrogen-bond donors (Lipinski definition) is 1. The van der Waals surface area contributed by atoms with Gasteiger partial charge >= 0.3 is 0 Å².